The number of benzene rings is 2. The second-order valence-corrected chi connectivity index (χ2v) is 9.15. The molecule has 1 amide bonds. The predicted molar refractivity (Wildman–Crippen MR) is 143 cm³/mol. The summed E-state index contributed by atoms with van der Waals surface area (Å²) in [6, 6.07) is 8.00. The van der Waals surface area contributed by atoms with E-state index in [0.717, 1.165) is 38.8 Å². The normalized spacial score (nSPS) is 14.1. The van der Waals surface area contributed by atoms with Gasteiger partial charge in [-0.1, -0.05) is 31.5 Å². The summed E-state index contributed by atoms with van der Waals surface area (Å²) in [6.07, 6.45) is 9.18. The molecule has 0 saturated heterocycles. The third kappa shape index (κ3) is 6.50. The minimum Gasteiger partial charge on any atom is -0.488 e. The number of carbonyl (C=O) groups excluding carboxylic acids is 1. The van der Waals surface area contributed by atoms with Crippen LogP contribution in [0.5, 0.6) is 5.75 Å². The Hall–Kier alpha value is -3.23. The molecule has 2 aromatic carbocycles. The van der Waals surface area contributed by atoms with Crippen molar-refractivity contribution < 1.29 is 13.9 Å². The van der Waals surface area contributed by atoms with Crippen molar-refractivity contribution >= 4 is 45.6 Å². The minimum absolute atomic E-state index is 0.00932. The van der Waals surface area contributed by atoms with E-state index in [9.17, 15) is 9.18 Å². The van der Waals surface area contributed by atoms with Crippen LogP contribution in [0.4, 0.5) is 21.6 Å². The quantitative estimate of drug-likeness (QED) is 0.310. The molecule has 0 bridgehead atoms. The van der Waals surface area contributed by atoms with Crippen LogP contribution in [0.1, 0.15) is 39.5 Å². The third-order valence-corrected chi connectivity index (χ3v) is 6.59. The molecule has 0 unspecified atom stereocenters. The van der Waals surface area contributed by atoms with Crippen LogP contribution in [0.15, 0.2) is 48.8 Å². The Kier molecular flexibility index (Phi) is 8.72. The fourth-order valence-corrected chi connectivity index (χ4v) is 4.42. The molecule has 2 N–H and O–H groups in total. The molecule has 1 aliphatic carbocycles. The highest BCUT2D eigenvalue weighted by Crippen LogP contribution is 2.36. The van der Waals surface area contributed by atoms with Crippen LogP contribution >= 0.6 is 11.6 Å². The average molecular weight is 512 g/mol. The van der Waals surface area contributed by atoms with E-state index < -0.39 is 5.82 Å². The highest BCUT2D eigenvalue weighted by Gasteiger charge is 2.20. The molecule has 4 rings (SSSR count). The SMILES string of the molecule is CCN(CC)C/C=C/C(=O)Nc1cc2c(Nc3ccc(F)c(Cl)c3)ncnc2cc1OC1CCCC1. The van der Waals surface area contributed by atoms with Crippen molar-refractivity contribution in [3.05, 3.63) is 59.7 Å². The van der Waals surface area contributed by atoms with Gasteiger partial charge in [-0.25, -0.2) is 14.4 Å². The molecule has 7 nitrogen and oxygen atoms in total. The van der Waals surface area contributed by atoms with E-state index in [4.69, 9.17) is 16.3 Å². The summed E-state index contributed by atoms with van der Waals surface area (Å²) in [7, 11) is 0. The van der Waals surface area contributed by atoms with E-state index in [1.54, 1.807) is 12.1 Å². The summed E-state index contributed by atoms with van der Waals surface area (Å²) in [4.78, 5) is 23.8. The Labute approximate surface area is 215 Å². The molecule has 1 aliphatic rings. The van der Waals surface area contributed by atoms with E-state index in [-0.39, 0.29) is 17.0 Å². The lowest BCUT2D eigenvalue weighted by Crippen LogP contribution is -2.23. The Balaban J connectivity index is 1.64. The maximum absolute atomic E-state index is 13.6. The maximum atomic E-state index is 13.6. The molecule has 3 aromatic rings. The first kappa shape index (κ1) is 25.9. The Morgan fingerprint density at radius 1 is 1.19 bits per heavy atom. The second-order valence-electron chi connectivity index (χ2n) is 8.74. The number of hydrogen-bond donors (Lipinski definition) is 2. The number of rotatable bonds is 10. The summed E-state index contributed by atoms with van der Waals surface area (Å²) in [5, 5.41) is 6.83. The summed E-state index contributed by atoms with van der Waals surface area (Å²) in [5.74, 6) is 0.342. The summed E-state index contributed by atoms with van der Waals surface area (Å²) >= 11 is 5.94. The average Bonchev–Trinajstić information content (AvgIpc) is 3.38. The minimum atomic E-state index is -0.498. The maximum Gasteiger partial charge on any atom is 0.248 e. The van der Waals surface area contributed by atoms with Gasteiger partial charge in [0.25, 0.3) is 0 Å². The van der Waals surface area contributed by atoms with Crippen LogP contribution in [0.3, 0.4) is 0 Å². The van der Waals surface area contributed by atoms with Crippen molar-refractivity contribution in [1.29, 1.82) is 0 Å². The van der Waals surface area contributed by atoms with Gasteiger partial charge in [0.1, 0.15) is 23.7 Å². The smallest absolute Gasteiger partial charge is 0.248 e. The van der Waals surface area contributed by atoms with Crippen molar-refractivity contribution in [2.24, 2.45) is 0 Å². The number of anilines is 3. The number of amides is 1. The molecule has 1 fully saturated rings. The zero-order valence-electron chi connectivity index (χ0n) is 20.6. The second kappa shape index (κ2) is 12.1. The topological polar surface area (TPSA) is 79.4 Å². The number of ether oxygens (including phenoxy) is 1. The van der Waals surface area contributed by atoms with Gasteiger partial charge >= 0.3 is 0 Å². The molecule has 1 heterocycles. The van der Waals surface area contributed by atoms with E-state index in [1.165, 1.54) is 18.5 Å². The lowest BCUT2D eigenvalue weighted by atomic mass is 10.1. The van der Waals surface area contributed by atoms with Crippen molar-refractivity contribution in [2.75, 3.05) is 30.3 Å². The van der Waals surface area contributed by atoms with Gasteiger partial charge in [0, 0.05) is 29.8 Å². The van der Waals surface area contributed by atoms with Crippen LogP contribution in [0.2, 0.25) is 5.02 Å². The van der Waals surface area contributed by atoms with Gasteiger partial charge in [-0.15, -0.1) is 0 Å². The van der Waals surface area contributed by atoms with Gasteiger partial charge in [0.15, 0.2) is 0 Å². The molecule has 36 heavy (non-hydrogen) atoms. The van der Waals surface area contributed by atoms with E-state index in [1.807, 2.05) is 18.2 Å². The van der Waals surface area contributed by atoms with E-state index >= 15 is 0 Å². The van der Waals surface area contributed by atoms with Crippen molar-refractivity contribution in [3.8, 4) is 5.75 Å². The third-order valence-electron chi connectivity index (χ3n) is 6.30. The van der Waals surface area contributed by atoms with Crippen LogP contribution < -0.4 is 15.4 Å². The predicted octanol–water partition coefficient (Wildman–Crippen LogP) is 6.32. The fraction of sp³-hybridized carbons (Fsp3) is 0.370. The van der Waals surface area contributed by atoms with Crippen molar-refractivity contribution in [3.63, 3.8) is 0 Å². The van der Waals surface area contributed by atoms with Crippen LogP contribution in [-0.4, -0.2) is 46.5 Å². The first-order valence-electron chi connectivity index (χ1n) is 12.3. The number of aromatic nitrogens is 2. The van der Waals surface area contributed by atoms with E-state index in [2.05, 4.69) is 39.3 Å². The summed E-state index contributed by atoms with van der Waals surface area (Å²) < 4.78 is 19.9. The molecule has 0 radical (unpaired) electrons. The van der Waals surface area contributed by atoms with Crippen LogP contribution in [-0.2, 0) is 4.79 Å². The Bertz CT molecular complexity index is 1240. The van der Waals surface area contributed by atoms with Gasteiger partial charge in [-0.3, -0.25) is 4.79 Å². The monoisotopic (exact) mass is 511 g/mol. The number of carbonyl (C=O) groups is 1. The Morgan fingerprint density at radius 3 is 2.69 bits per heavy atom. The molecule has 1 aromatic heterocycles. The molecule has 0 aliphatic heterocycles. The largest absolute Gasteiger partial charge is 0.488 e. The van der Waals surface area contributed by atoms with Gasteiger partial charge in [0.05, 0.1) is 22.3 Å². The zero-order chi connectivity index (χ0) is 25.5. The van der Waals surface area contributed by atoms with Gasteiger partial charge in [0.2, 0.25) is 5.91 Å². The van der Waals surface area contributed by atoms with Gasteiger partial charge < -0.3 is 20.3 Å². The molecule has 0 spiro atoms. The molecular weight excluding hydrogens is 481 g/mol. The van der Waals surface area contributed by atoms with E-state index in [0.29, 0.717) is 40.4 Å². The van der Waals surface area contributed by atoms with Crippen LogP contribution in [0, 0.1) is 5.82 Å². The van der Waals surface area contributed by atoms with Gasteiger partial charge in [-0.05, 0) is 63.0 Å². The molecule has 9 heteroatoms. The van der Waals surface area contributed by atoms with Crippen LogP contribution in [0.25, 0.3) is 10.9 Å². The number of hydrogen-bond acceptors (Lipinski definition) is 6. The molecule has 190 valence electrons. The number of nitrogens with one attached hydrogen (secondary N) is 2. The first-order chi connectivity index (χ1) is 17.5. The lowest BCUT2D eigenvalue weighted by molar-refractivity contribution is -0.111. The number of fused-ring (bicyclic) bond motifs is 1. The zero-order valence-corrected chi connectivity index (χ0v) is 21.3. The highest BCUT2D eigenvalue weighted by molar-refractivity contribution is 6.31. The number of likely N-dealkylation sites (N-methyl/N-ethyl adjacent to an activating group) is 1. The first-order valence-corrected chi connectivity index (χ1v) is 12.7. The number of halogens is 2. The highest BCUT2D eigenvalue weighted by atomic mass is 35.5. The lowest BCUT2D eigenvalue weighted by Gasteiger charge is -2.18. The standard InChI is InChI=1S/C27H31ClFN5O2/c1-3-34(4-2)13-7-10-26(35)33-24-15-20-23(16-25(24)36-19-8-5-6-9-19)30-17-31-27(20)32-18-11-12-22(29)21(28)14-18/h7,10-12,14-17,19H,3-6,8-9,13H2,1-2H3,(H,33,35)(H,30,31,32)/b10-7+. The fourth-order valence-electron chi connectivity index (χ4n) is 4.24. The Morgan fingerprint density at radius 2 is 1.97 bits per heavy atom. The molecular formula is C27H31ClFN5O2. The molecule has 0 atom stereocenters. The summed E-state index contributed by atoms with van der Waals surface area (Å²) in [5.41, 5.74) is 1.78. The van der Waals surface area contributed by atoms with Crippen molar-refractivity contribution in [1.82, 2.24) is 14.9 Å². The van der Waals surface area contributed by atoms with Gasteiger partial charge in [-0.2, -0.15) is 0 Å². The molecule has 1 saturated carbocycles. The number of nitrogens with zero attached hydrogens (tertiary/aromatic N) is 3. The summed E-state index contributed by atoms with van der Waals surface area (Å²) in [6.45, 7) is 6.72. The van der Waals surface area contributed by atoms with Crippen molar-refractivity contribution in [2.45, 2.75) is 45.6 Å².